The lowest BCUT2D eigenvalue weighted by molar-refractivity contribution is -0.139. The molecule has 0 bridgehead atoms. The van der Waals surface area contributed by atoms with Crippen LogP contribution in [0.2, 0.25) is 0 Å². The van der Waals surface area contributed by atoms with E-state index in [4.69, 9.17) is 9.84 Å². The zero-order chi connectivity index (χ0) is 13.8. The largest absolute Gasteiger partial charge is 0.504 e. The first-order valence-corrected chi connectivity index (χ1v) is 6.47. The summed E-state index contributed by atoms with van der Waals surface area (Å²) in [7, 11) is 0. The van der Waals surface area contributed by atoms with Crippen LogP contribution in [0.15, 0.2) is 18.2 Å². The molecule has 1 saturated heterocycles. The molecule has 5 heteroatoms. The molecule has 0 amide bonds. The molecule has 0 unspecified atom stereocenters. The van der Waals surface area contributed by atoms with Gasteiger partial charge in [0.2, 0.25) is 0 Å². The fourth-order valence-electron chi connectivity index (χ4n) is 2.37. The minimum absolute atomic E-state index is 0.151. The second-order valence-corrected chi connectivity index (χ2v) is 4.89. The number of carbonyl (C=O) groups is 1. The van der Waals surface area contributed by atoms with Crippen molar-refractivity contribution in [1.82, 2.24) is 4.90 Å². The van der Waals surface area contributed by atoms with E-state index < -0.39 is 5.97 Å². The van der Waals surface area contributed by atoms with Crippen molar-refractivity contribution in [2.75, 3.05) is 19.7 Å². The van der Waals surface area contributed by atoms with Crippen LogP contribution < -0.4 is 4.74 Å². The molecule has 1 aliphatic rings. The maximum absolute atomic E-state index is 10.6. The number of aliphatic carboxylic acids is 1. The molecular weight excluding hydrogens is 246 g/mol. The normalized spacial score (nSPS) is 16.1. The fraction of sp³-hybridized carbons (Fsp3) is 0.500. The first-order chi connectivity index (χ1) is 9.08. The van der Waals surface area contributed by atoms with Gasteiger partial charge in [-0.05, 0) is 30.5 Å². The maximum atomic E-state index is 10.6. The van der Waals surface area contributed by atoms with Crippen molar-refractivity contribution in [3.05, 3.63) is 23.8 Å². The number of carboxylic acids is 1. The molecule has 1 aromatic carbocycles. The van der Waals surface area contributed by atoms with Gasteiger partial charge in [-0.25, -0.2) is 0 Å². The molecule has 0 radical (unpaired) electrons. The molecule has 1 heterocycles. The van der Waals surface area contributed by atoms with E-state index in [1.165, 1.54) is 0 Å². The molecule has 0 spiro atoms. The second kappa shape index (κ2) is 5.93. The first-order valence-electron chi connectivity index (χ1n) is 6.47. The summed E-state index contributed by atoms with van der Waals surface area (Å²) >= 11 is 0. The quantitative estimate of drug-likeness (QED) is 0.819. The lowest BCUT2D eigenvalue weighted by atomic mass is 9.96. The topological polar surface area (TPSA) is 70.0 Å². The fourth-order valence-corrected chi connectivity index (χ4v) is 2.37. The first kappa shape index (κ1) is 13.7. The summed E-state index contributed by atoms with van der Waals surface area (Å²) in [5.74, 6) is 0.189. The highest BCUT2D eigenvalue weighted by Crippen LogP contribution is 2.29. The monoisotopic (exact) mass is 265 g/mol. The van der Waals surface area contributed by atoms with Gasteiger partial charge in [0.15, 0.2) is 11.5 Å². The number of ether oxygens (including phenoxy) is 1. The van der Waals surface area contributed by atoms with Crippen molar-refractivity contribution >= 4 is 5.97 Å². The highest BCUT2D eigenvalue weighted by atomic mass is 16.5. The average Bonchev–Trinajstić information content (AvgIpc) is 2.30. The van der Waals surface area contributed by atoms with Crippen molar-refractivity contribution in [3.63, 3.8) is 0 Å². The summed E-state index contributed by atoms with van der Waals surface area (Å²) in [6, 6.07) is 5.33. The zero-order valence-electron chi connectivity index (χ0n) is 11.0. The molecule has 0 atom stereocenters. The number of phenolic OH excluding ortho intramolecular Hbond substituents is 1. The van der Waals surface area contributed by atoms with Crippen molar-refractivity contribution in [2.45, 2.75) is 19.9 Å². The molecule has 1 aromatic rings. The Morgan fingerprint density at radius 1 is 1.47 bits per heavy atom. The van der Waals surface area contributed by atoms with Crippen LogP contribution in [-0.4, -0.2) is 40.8 Å². The van der Waals surface area contributed by atoms with Crippen LogP contribution in [-0.2, 0) is 11.3 Å². The molecule has 19 heavy (non-hydrogen) atoms. The molecule has 5 nitrogen and oxygen atoms in total. The Bertz CT molecular complexity index is 455. The lowest BCUT2D eigenvalue weighted by Gasteiger charge is -2.38. The van der Waals surface area contributed by atoms with Gasteiger partial charge in [-0.1, -0.05) is 6.07 Å². The average molecular weight is 265 g/mol. The van der Waals surface area contributed by atoms with Crippen molar-refractivity contribution in [2.24, 2.45) is 5.92 Å². The van der Waals surface area contributed by atoms with E-state index in [0.717, 1.165) is 25.2 Å². The molecule has 0 aliphatic carbocycles. The van der Waals surface area contributed by atoms with Gasteiger partial charge < -0.3 is 14.9 Å². The van der Waals surface area contributed by atoms with E-state index in [1.807, 2.05) is 19.1 Å². The van der Waals surface area contributed by atoms with Crippen molar-refractivity contribution < 1.29 is 19.7 Å². The SMILES string of the molecule is CCOc1cc(CN2CC(CC(=O)O)C2)ccc1O. The summed E-state index contributed by atoms with van der Waals surface area (Å²) in [6.45, 7) is 4.78. The van der Waals surface area contributed by atoms with E-state index in [1.54, 1.807) is 6.07 Å². The second-order valence-electron chi connectivity index (χ2n) is 4.89. The van der Waals surface area contributed by atoms with Gasteiger partial charge >= 0.3 is 5.97 Å². The molecule has 2 N–H and O–H groups in total. The van der Waals surface area contributed by atoms with Gasteiger partial charge in [0.25, 0.3) is 0 Å². The highest BCUT2D eigenvalue weighted by molar-refractivity contribution is 5.67. The number of carboxylic acid groups (broad SMARTS) is 1. The Kier molecular flexibility index (Phi) is 4.27. The van der Waals surface area contributed by atoms with E-state index in [9.17, 15) is 9.90 Å². The Balaban J connectivity index is 1.87. The van der Waals surface area contributed by atoms with Crippen LogP contribution in [0.1, 0.15) is 18.9 Å². The molecule has 1 fully saturated rings. The number of benzene rings is 1. The standard InChI is InChI=1S/C14H19NO4/c1-2-19-13-5-10(3-4-12(13)16)7-15-8-11(9-15)6-14(17)18/h3-5,11,16H,2,6-9H2,1H3,(H,17,18). The Hall–Kier alpha value is -1.75. The van der Waals surface area contributed by atoms with Gasteiger partial charge in [0, 0.05) is 19.6 Å². The predicted molar refractivity (Wildman–Crippen MR) is 70.3 cm³/mol. The number of hydrogen-bond donors (Lipinski definition) is 2. The molecule has 0 saturated carbocycles. The van der Waals surface area contributed by atoms with E-state index in [2.05, 4.69) is 4.90 Å². The van der Waals surface area contributed by atoms with Gasteiger partial charge in [0.05, 0.1) is 13.0 Å². The van der Waals surface area contributed by atoms with E-state index in [0.29, 0.717) is 12.4 Å². The maximum Gasteiger partial charge on any atom is 0.303 e. The Labute approximate surface area is 112 Å². The third kappa shape index (κ3) is 3.61. The number of hydrogen-bond acceptors (Lipinski definition) is 4. The number of phenols is 1. The lowest BCUT2D eigenvalue weighted by Crippen LogP contribution is -2.46. The Morgan fingerprint density at radius 2 is 2.21 bits per heavy atom. The number of rotatable bonds is 6. The Morgan fingerprint density at radius 3 is 2.84 bits per heavy atom. The van der Waals surface area contributed by atoms with Crippen LogP contribution in [0.5, 0.6) is 11.5 Å². The summed E-state index contributed by atoms with van der Waals surface area (Å²) in [6.07, 6.45) is 0.246. The van der Waals surface area contributed by atoms with Crippen LogP contribution in [0, 0.1) is 5.92 Å². The van der Waals surface area contributed by atoms with Gasteiger partial charge in [-0.15, -0.1) is 0 Å². The third-order valence-electron chi connectivity index (χ3n) is 3.23. The van der Waals surface area contributed by atoms with Crippen LogP contribution in [0.4, 0.5) is 0 Å². The van der Waals surface area contributed by atoms with Crippen molar-refractivity contribution in [3.8, 4) is 11.5 Å². The third-order valence-corrected chi connectivity index (χ3v) is 3.23. The van der Waals surface area contributed by atoms with Gasteiger partial charge in [-0.2, -0.15) is 0 Å². The van der Waals surface area contributed by atoms with Crippen LogP contribution in [0.3, 0.4) is 0 Å². The summed E-state index contributed by atoms with van der Waals surface area (Å²) in [5.41, 5.74) is 1.06. The van der Waals surface area contributed by atoms with Crippen LogP contribution >= 0.6 is 0 Å². The molecule has 104 valence electrons. The zero-order valence-corrected chi connectivity index (χ0v) is 11.0. The molecule has 2 rings (SSSR count). The summed E-state index contributed by atoms with van der Waals surface area (Å²) in [5, 5.41) is 18.3. The van der Waals surface area contributed by atoms with E-state index in [-0.39, 0.29) is 18.1 Å². The molecular formula is C14H19NO4. The smallest absolute Gasteiger partial charge is 0.303 e. The van der Waals surface area contributed by atoms with Gasteiger partial charge in [0.1, 0.15) is 0 Å². The summed E-state index contributed by atoms with van der Waals surface area (Å²) in [4.78, 5) is 12.7. The van der Waals surface area contributed by atoms with Gasteiger partial charge in [-0.3, -0.25) is 9.69 Å². The number of likely N-dealkylation sites (tertiary alicyclic amines) is 1. The highest BCUT2D eigenvalue weighted by Gasteiger charge is 2.28. The minimum atomic E-state index is -0.729. The van der Waals surface area contributed by atoms with E-state index >= 15 is 0 Å². The number of aromatic hydroxyl groups is 1. The predicted octanol–water partition coefficient (Wildman–Crippen LogP) is 1.70. The van der Waals surface area contributed by atoms with Crippen LogP contribution in [0.25, 0.3) is 0 Å². The molecule has 0 aromatic heterocycles. The summed E-state index contributed by atoms with van der Waals surface area (Å²) < 4.78 is 5.34. The minimum Gasteiger partial charge on any atom is -0.504 e. The number of nitrogens with zero attached hydrogens (tertiary/aromatic N) is 1. The molecule has 1 aliphatic heterocycles. The van der Waals surface area contributed by atoms with Crippen molar-refractivity contribution in [1.29, 1.82) is 0 Å².